The average Bonchev–Trinajstić information content (AvgIpc) is 2.73. The average molecular weight is 246 g/mol. The third-order valence-corrected chi connectivity index (χ3v) is 2.39. The van der Waals surface area contributed by atoms with Gasteiger partial charge < -0.3 is 5.11 Å². The summed E-state index contributed by atoms with van der Waals surface area (Å²) in [4.78, 5) is 19.1. The minimum Gasteiger partial charge on any atom is -0.476 e. The molecule has 94 valence electrons. The Morgan fingerprint density at radius 3 is 2.78 bits per heavy atom. The van der Waals surface area contributed by atoms with Gasteiger partial charge in [0.1, 0.15) is 0 Å². The maximum Gasteiger partial charge on any atom is 0.356 e. The molecule has 0 aliphatic heterocycles. The molecule has 0 aromatic carbocycles. The number of carboxylic acids is 1. The first-order valence-electron chi connectivity index (χ1n) is 5.66. The molecule has 2 aromatic rings. The van der Waals surface area contributed by atoms with E-state index in [0.29, 0.717) is 11.7 Å². The zero-order valence-corrected chi connectivity index (χ0v) is 10.2. The Bertz CT molecular complexity index is 548. The summed E-state index contributed by atoms with van der Waals surface area (Å²) in [6, 6.07) is 1.58. The fourth-order valence-electron chi connectivity index (χ4n) is 1.69. The molecular formula is C12H14N4O2. The lowest BCUT2D eigenvalue weighted by atomic mass is 10.1. The van der Waals surface area contributed by atoms with Gasteiger partial charge in [-0.05, 0) is 18.4 Å². The van der Waals surface area contributed by atoms with Crippen LogP contribution < -0.4 is 0 Å². The predicted molar refractivity (Wildman–Crippen MR) is 64.7 cm³/mol. The zero-order valence-electron chi connectivity index (χ0n) is 10.2. The summed E-state index contributed by atoms with van der Waals surface area (Å²) in [5.74, 6) is -0.109. The van der Waals surface area contributed by atoms with E-state index in [1.54, 1.807) is 24.7 Å². The van der Waals surface area contributed by atoms with Crippen LogP contribution in [0.3, 0.4) is 0 Å². The van der Waals surface area contributed by atoms with Crippen molar-refractivity contribution in [1.29, 1.82) is 0 Å². The molecule has 0 radical (unpaired) electrons. The third kappa shape index (κ3) is 2.53. The van der Waals surface area contributed by atoms with E-state index in [1.165, 1.54) is 4.68 Å². The topological polar surface area (TPSA) is 80.9 Å². The number of aromatic nitrogens is 4. The Labute approximate surface area is 104 Å². The lowest BCUT2D eigenvalue weighted by Gasteiger charge is -2.07. The minimum atomic E-state index is -1.04. The summed E-state index contributed by atoms with van der Waals surface area (Å²) >= 11 is 0. The maximum absolute atomic E-state index is 11.0. The number of carbonyl (C=O) groups is 1. The quantitative estimate of drug-likeness (QED) is 0.885. The van der Waals surface area contributed by atoms with Crippen LogP contribution in [0.15, 0.2) is 24.7 Å². The van der Waals surface area contributed by atoms with Crippen LogP contribution in [-0.2, 0) is 6.42 Å². The molecule has 0 unspecified atom stereocenters. The van der Waals surface area contributed by atoms with E-state index in [4.69, 9.17) is 5.11 Å². The SMILES string of the molecule is CC(C)Cc1cc(C(=O)O)nn1-c1cnccn1. The van der Waals surface area contributed by atoms with Gasteiger partial charge in [0.05, 0.1) is 6.20 Å². The van der Waals surface area contributed by atoms with Crippen molar-refractivity contribution in [3.8, 4) is 5.82 Å². The highest BCUT2D eigenvalue weighted by Crippen LogP contribution is 2.14. The number of aromatic carboxylic acids is 1. The Morgan fingerprint density at radius 2 is 2.22 bits per heavy atom. The van der Waals surface area contributed by atoms with Gasteiger partial charge in [0.25, 0.3) is 0 Å². The van der Waals surface area contributed by atoms with Crippen LogP contribution in [0.5, 0.6) is 0 Å². The van der Waals surface area contributed by atoms with Gasteiger partial charge in [0, 0.05) is 18.1 Å². The van der Waals surface area contributed by atoms with Crippen molar-refractivity contribution in [2.24, 2.45) is 5.92 Å². The summed E-state index contributed by atoms with van der Waals surface area (Å²) in [6.45, 7) is 4.13. The van der Waals surface area contributed by atoms with Crippen molar-refractivity contribution in [3.05, 3.63) is 36.0 Å². The van der Waals surface area contributed by atoms with E-state index in [0.717, 1.165) is 12.1 Å². The van der Waals surface area contributed by atoms with Gasteiger partial charge in [-0.15, -0.1) is 0 Å². The molecule has 0 fully saturated rings. The van der Waals surface area contributed by atoms with E-state index in [-0.39, 0.29) is 5.69 Å². The summed E-state index contributed by atoms with van der Waals surface area (Å²) in [5, 5.41) is 13.0. The first-order valence-corrected chi connectivity index (χ1v) is 5.66. The van der Waals surface area contributed by atoms with Crippen LogP contribution in [-0.4, -0.2) is 30.8 Å². The van der Waals surface area contributed by atoms with Crippen LogP contribution in [0.25, 0.3) is 5.82 Å². The van der Waals surface area contributed by atoms with Gasteiger partial charge in [0.15, 0.2) is 11.5 Å². The third-order valence-electron chi connectivity index (χ3n) is 2.39. The van der Waals surface area contributed by atoms with Crippen LogP contribution in [0.2, 0.25) is 0 Å². The van der Waals surface area contributed by atoms with E-state index in [1.807, 2.05) is 0 Å². The second-order valence-electron chi connectivity index (χ2n) is 4.40. The molecule has 0 aliphatic carbocycles. The molecule has 6 nitrogen and oxygen atoms in total. The minimum absolute atomic E-state index is 0.0244. The predicted octanol–water partition coefficient (Wildman–Crippen LogP) is 1.56. The smallest absolute Gasteiger partial charge is 0.356 e. The Hall–Kier alpha value is -2.24. The first-order chi connectivity index (χ1) is 8.58. The van der Waals surface area contributed by atoms with Crippen molar-refractivity contribution in [2.45, 2.75) is 20.3 Å². The van der Waals surface area contributed by atoms with Crippen LogP contribution in [0.1, 0.15) is 30.0 Å². The summed E-state index contributed by atoms with van der Waals surface area (Å²) < 4.78 is 1.54. The molecule has 0 saturated heterocycles. The van der Waals surface area contributed by atoms with E-state index in [9.17, 15) is 4.79 Å². The van der Waals surface area contributed by atoms with Crippen molar-refractivity contribution in [3.63, 3.8) is 0 Å². The summed E-state index contributed by atoms with van der Waals surface area (Å²) in [6.07, 6.45) is 5.41. The number of hydrogen-bond donors (Lipinski definition) is 1. The number of nitrogens with zero attached hydrogens (tertiary/aromatic N) is 4. The van der Waals surface area contributed by atoms with Crippen LogP contribution in [0.4, 0.5) is 0 Å². The monoisotopic (exact) mass is 246 g/mol. The Kier molecular flexibility index (Phi) is 3.36. The van der Waals surface area contributed by atoms with Gasteiger partial charge in [-0.3, -0.25) is 4.98 Å². The first kappa shape index (κ1) is 12.2. The molecular weight excluding hydrogens is 232 g/mol. The van der Waals surface area contributed by atoms with Gasteiger partial charge >= 0.3 is 5.97 Å². The number of hydrogen-bond acceptors (Lipinski definition) is 4. The molecule has 2 heterocycles. The Morgan fingerprint density at radius 1 is 1.44 bits per heavy atom. The van der Waals surface area contributed by atoms with Crippen molar-refractivity contribution in [1.82, 2.24) is 19.7 Å². The molecule has 0 atom stereocenters. The Balaban J connectivity index is 2.47. The lowest BCUT2D eigenvalue weighted by molar-refractivity contribution is 0.0690. The zero-order chi connectivity index (χ0) is 13.1. The second-order valence-corrected chi connectivity index (χ2v) is 4.40. The molecule has 2 rings (SSSR count). The lowest BCUT2D eigenvalue weighted by Crippen LogP contribution is -2.07. The van der Waals surface area contributed by atoms with Crippen LogP contribution >= 0.6 is 0 Å². The highest BCUT2D eigenvalue weighted by Gasteiger charge is 2.15. The fourth-order valence-corrected chi connectivity index (χ4v) is 1.69. The van der Waals surface area contributed by atoms with Gasteiger partial charge in [-0.1, -0.05) is 13.8 Å². The molecule has 0 aliphatic rings. The standard InChI is InChI=1S/C12H14N4O2/c1-8(2)5-9-6-10(12(17)18)15-16(9)11-7-13-3-4-14-11/h3-4,6-8H,5H2,1-2H3,(H,17,18). The van der Waals surface area contributed by atoms with E-state index >= 15 is 0 Å². The highest BCUT2D eigenvalue weighted by atomic mass is 16.4. The normalized spacial score (nSPS) is 10.8. The number of rotatable bonds is 4. The molecule has 18 heavy (non-hydrogen) atoms. The highest BCUT2D eigenvalue weighted by molar-refractivity contribution is 5.85. The molecule has 0 amide bonds. The van der Waals surface area contributed by atoms with Crippen LogP contribution in [0, 0.1) is 5.92 Å². The van der Waals surface area contributed by atoms with Crippen molar-refractivity contribution < 1.29 is 9.90 Å². The fraction of sp³-hybridized carbons (Fsp3) is 0.333. The van der Waals surface area contributed by atoms with Gasteiger partial charge in [0.2, 0.25) is 0 Å². The van der Waals surface area contributed by atoms with E-state index in [2.05, 4.69) is 28.9 Å². The van der Waals surface area contributed by atoms with Crippen molar-refractivity contribution in [2.75, 3.05) is 0 Å². The molecule has 6 heteroatoms. The van der Waals surface area contributed by atoms with Gasteiger partial charge in [-0.25, -0.2) is 14.5 Å². The molecule has 0 spiro atoms. The molecule has 0 bridgehead atoms. The van der Waals surface area contributed by atoms with E-state index < -0.39 is 5.97 Å². The summed E-state index contributed by atoms with van der Waals surface area (Å²) in [5.41, 5.74) is 0.846. The van der Waals surface area contributed by atoms with Crippen molar-refractivity contribution >= 4 is 5.97 Å². The largest absolute Gasteiger partial charge is 0.476 e. The molecule has 2 aromatic heterocycles. The second kappa shape index (κ2) is 4.95. The number of carboxylic acid groups (broad SMARTS) is 1. The maximum atomic E-state index is 11.0. The molecule has 0 saturated carbocycles. The molecule has 1 N–H and O–H groups in total. The van der Waals surface area contributed by atoms with Gasteiger partial charge in [-0.2, -0.15) is 5.10 Å². The summed E-state index contributed by atoms with van der Waals surface area (Å²) in [7, 11) is 0.